The van der Waals surface area contributed by atoms with Crippen LogP contribution in [-0.2, 0) is 6.42 Å². The van der Waals surface area contributed by atoms with Crippen molar-refractivity contribution in [2.75, 3.05) is 7.11 Å². The van der Waals surface area contributed by atoms with E-state index in [0.29, 0.717) is 10.7 Å². The smallest absolute Gasteiger partial charge is 0.119 e. The molecule has 2 rings (SSSR count). The number of fused-ring (bicyclic) bond motifs is 1. The van der Waals surface area contributed by atoms with Crippen LogP contribution in [0.3, 0.4) is 0 Å². The van der Waals surface area contributed by atoms with Crippen LogP contribution in [-0.4, -0.2) is 11.9 Å². The number of benzene rings is 1. The lowest BCUT2D eigenvalue weighted by atomic mass is 9.80. The molecule has 0 saturated carbocycles. The molecule has 0 radical (unpaired) electrons. The number of hydrogen-bond acceptors (Lipinski definition) is 1. The Morgan fingerprint density at radius 3 is 3.00 bits per heavy atom. The fourth-order valence-electron chi connectivity index (χ4n) is 2.60. The molecule has 16 heavy (non-hydrogen) atoms. The Balaban J connectivity index is 2.35. The zero-order valence-corrected chi connectivity index (χ0v) is 11.6. The molecule has 2 heteroatoms. The summed E-state index contributed by atoms with van der Waals surface area (Å²) >= 11 is 3.81. The van der Waals surface area contributed by atoms with Gasteiger partial charge in [0.2, 0.25) is 0 Å². The Kier molecular flexibility index (Phi) is 3.91. The van der Waals surface area contributed by atoms with Gasteiger partial charge in [0, 0.05) is 4.83 Å². The maximum Gasteiger partial charge on any atom is 0.119 e. The summed E-state index contributed by atoms with van der Waals surface area (Å²) < 4.78 is 5.33. The third kappa shape index (κ3) is 2.27. The van der Waals surface area contributed by atoms with E-state index >= 15 is 0 Å². The van der Waals surface area contributed by atoms with Gasteiger partial charge in [0.25, 0.3) is 0 Å². The Hall–Kier alpha value is -0.500. The summed E-state index contributed by atoms with van der Waals surface area (Å²) in [5, 5.41) is 0. The van der Waals surface area contributed by atoms with Crippen molar-refractivity contribution in [2.24, 2.45) is 0 Å². The van der Waals surface area contributed by atoms with E-state index in [1.54, 1.807) is 7.11 Å². The molecule has 1 aromatic carbocycles. The second kappa shape index (κ2) is 5.22. The van der Waals surface area contributed by atoms with Crippen LogP contribution in [0, 0.1) is 0 Å². The Labute approximate surface area is 106 Å². The number of ether oxygens (including phenoxy) is 1. The number of hydrogen-bond donors (Lipinski definition) is 0. The molecule has 0 bridgehead atoms. The van der Waals surface area contributed by atoms with E-state index < -0.39 is 0 Å². The summed E-state index contributed by atoms with van der Waals surface area (Å²) in [5.41, 5.74) is 3.00. The fourth-order valence-corrected chi connectivity index (χ4v) is 3.15. The summed E-state index contributed by atoms with van der Waals surface area (Å²) in [6.45, 7) is 2.24. The lowest BCUT2D eigenvalue weighted by Gasteiger charge is -2.29. The topological polar surface area (TPSA) is 9.23 Å². The molecule has 1 nitrogen and oxygen atoms in total. The average Bonchev–Trinajstić information content (AvgIpc) is 2.36. The normalized spacial score (nSPS) is 21.3. The van der Waals surface area contributed by atoms with Gasteiger partial charge in [-0.2, -0.15) is 0 Å². The molecule has 0 fully saturated rings. The van der Waals surface area contributed by atoms with Gasteiger partial charge in [-0.1, -0.05) is 28.9 Å². The molecule has 1 aliphatic rings. The maximum absolute atomic E-state index is 5.33. The summed E-state index contributed by atoms with van der Waals surface area (Å²) in [6.07, 6.45) is 5.01. The van der Waals surface area contributed by atoms with Crippen LogP contribution in [0.2, 0.25) is 0 Å². The van der Waals surface area contributed by atoms with Crippen molar-refractivity contribution < 1.29 is 4.74 Å². The minimum absolute atomic E-state index is 0.596. The van der Waals surface area contributed by atoms with Crippen molar-refractivity contribution in [3.05, 3.63) is 29.3 Å². The molecule has 2 unspecified atom stereocenters. The van der Waals surface area contributed by atoms with Gasteiger partial charge in [0.05, 0.1) is 7.11 Å². The number of rotatable bonds is 3. The van der Waals surface area contributed by atoms with E-state index in [1.165, 1.54) is 36.8 Å². The van der Waals surface area contributed by atoms with Crippen molar-refractivity contribution in [3.63, 3.8) is 0 Å². The second-order valence-corrected chi connectivity index (χ2v) is 5.66. The molecule has 0 saturated heterocycles. The van der Waals surface area contributed by atoms with Crippen LogP contribution < -0.4 is 4.74 Å². The predicted octanol–water partition coefficient (Wildman–Crippen LogP) is 4.29. The zero-order chi connectivity index (χ0) is 11.5. The van der Waals surface area contributed by atoms with E-state index in [9.17, 15) is 0 Å². The third-order valence-corrected chi connectivity index (χ3v) is 4.83. The highest BCUT2D eigenvalue weighted by molar-refractivity contribution is 9.09. The van der Waals surface area contributed by atoms with Gasteiger partial charge in [0.15, 0.2) is 0 Å². The van der Waals surface area contributed by atoms with Crippen molar-refractivity contribution >= 4 is 15.9 Å². The van der Waals surface area contributed by atoms with Crippen LogP contribution in [0.1, 0.15) is 43.2 Å². The van der Waals surface area contributed by atoms with Crippen molar-refractivity contribution in [1.29, 1.82) is 0 Å². The van der Waals surface area contributed by atoms with Crippen LogP contribution >= 0.6 is 15.9 Å². The standard InChI is InChI=1S/C14H19BrO/c1-3-14(15)12-6-4-5-10-7-8-11(16-2)9-13(10)12/h7-9,12,14H,3-6H2,1-2H3. The SMILES string of the molecule is CCC(Br)C1CCCc2ccc(OC)cc21. The molecule has 1 aromatic rings. The van der Waals surface area contributed by atoms with Gasteiger partial charge in [0.1, 0.15) is 5.75 Å². The Morgan fingerprint density at radius 1 is 1.50 bits per heavy atom. The highest BCUT2D eigenvalue weighted by Gasteiger charge is 2.25. The van der Waals surface area contributed by atoms with E-state index in [2.05, 4.69) is 41.1 Å². The first-order valence-corrected chi connectivity index (χ1v) is 6.98. The number of alkyl halides is 1. The highest BCUT2D eigenvalue weighted by Crippen LogP contribution is 2.39. The van der Waals surface area contributed by atoms with Gasteiger partial charge in [-0.25, -0.2) is 0 Å². The first-order chi connectivity index (χ1) is 7.76. The lowest BCUT2D eigenvalue weighted by molar-refractivity contribution is 0.412. The number of aryl methyl sites for hydroxylation is 1. The minimum atomic E-state index is 0.596. The largest absolute Gasteiger partial charge is 0.497 e. The van der Waals surface area contributed by atoms with E-state index in [4.69, 9.17) is 4.74 Å². The van der Waals surface area contributed by atoms with Crippen LogP contribution in [0.4, 0.5) is 0 Å². The monoisotopic (exact) mass is 282 g/mol. The Bertz CT molecular complexity index is 362. The first-order valence-electron chi connectivity index (χ1n) is 6.07. The lowest BCUT2D eigenvalue weighted by Crippen LogP contribution is -2.18. The molecule has 0 aliphatic heterocycles. The van der Waals surface area contributed by atoms with Gasteiger partial charge >= 0.3 is 0 Å². The molecule has 88 valence electrons. The van der Waals surface area contributed by atoms with Crippen molar-refractivity contribution in [1.82, 2.24) is 0 Å². The predicted molar refractivity (Wildman–Crippen MR) is 71.7 cm³/mol. The van der Waals surface area contributed by atoms with Crippen LogP contribution in [0.5, 0.6) is 5.75 Å². The maximum atomic E-state index is 5.33. The van der Waals surface area contributed by atoms with E-state index in [1.807, 2.05) is 0 Å². The summed E-state index contributed by atoms with van der Waals surface area (Å²) in [4.78, 5) is 0.596. The summed E-state index contributed by atoms with van der Waals surface area (Å²) in [5.74, 6) is 1.64. The molecule has 0 heterocycles. The van der Waals surface area contributed by atoms with E-state index in [-0.39, 0.29) is 0 Å². The summed E-state index contributed by atoms with van der Waals surface area (Å²) in [6, 6.07) is 6.54. The van der Waals surface area contributed by atoms with E-state index in [0.717, 1.165) is 5.75 Å². The summed E-state index contributed by atoms with van der Waals surface area (Å²) in [7, 11) is 1.74. The highest BCUT2D eigenvalue weighted by atomic mass is 79.9. The number of halogens is 1. The molecule has 2 atom stereocenters. The molecule has 0 N–H and O–H groups in total. The van der Waals surface area contributed by atoms with Gasteiger partial charge in [-0.3, -0.25) is 0 Å². The Morgan fingerprint density at radius 2 is 2.31 bits per heavy atom. The number of methoxy groups -OCH3 is 1. The molecule has 0 amide bonds. The van der Waals surface area contributed by atoms with Crippen LogP contribution in [0.25, 0.3) is 0 Å². The quantitative estimate of drug-likeness (QED) is 0.752. The van der Waals surface area contributed by atoms with Gasteiger partial charge in [-0.05, 0) is 54.9 Å². The van der Waals surface area contributed by atoms with Crippen LogP contribution in [0.15, 0.2) is 18.2 Å². The second-order valence-electron chi connectivity index (χ2n) is 4.49. The molecular weight excluding hydrogens is 264 g/mol. The molecule has 0 aromatic heterocycles. The molecule has 0 spiro atoms. The zero-order valence-electron chi connectivity index (χ0n) is 10.0. The van der Waals surface area contributed by atoms with Crippen molar-refractivity contribution in [3.8, 4) is 5.75 Å². The third-order valence-electron chi connectivity index (χ3n) is 3.54. The average molecular weight is 283 g/mol. The van der Waals surface area contributed by atoms with Crippen molar-refractivity contribution in [2.45, 2.75) is 43.4 Å². The van der Waals surface area contributed by atoms with Gasteiger partial charge in [-0.15, -0.1) is 0 Å². The molecule has 1 aliphatic carbocycles. The molecular formula is C14H19BrO. The minimum Gasteiger partial charge on any atom is -0.497 e. The fraction of sp³-hybridized carbons (Fsp3) is 0.571. The first kappa shape index (κ1) is 12.0. The van der Waals surface area contributed by atoms with Gasteiger partial charge < -0.3 is 4.74 Å².